The van der Waals surface area contributed by atoms with E-state index < -0.39 is 0 Å². The predicted octanol–water partition coefficient (Wildman–Crippen LogP) is 2.84. The second-order valence-corrected chi connectivity index (χ2v) is 5.51. The third-order valence-electron chi connectivity index (χ3n) is 3.85. The lowest BCUT2D eigenvalue weighted by Gasteiger charge is -2.30. The summed E-state index contributed by atoms with van der Waals surface area (Å²) in [4.78, 5) is 14.0. The number of hydrogen-bond acceptors (Lipinski definition) is 3. The summed E-state index contributed by atoms with van der Waals surface area (Å²) in [5, 5.41) is 12.3. The van der Waals surface area contributed by atoms with E-state index in [-0.39, 0.29) is 12.6 Å². The number of benzene rings is 1. The maximum absolute atomic E-state index is 12.2. The van der Waals surface area contributed by atoms with Crippen molar-refractivity contribution in [3.8, 4) is 5.75 Å². The van der Waals surface area contributed by atoms with Gasteiger partial charge >= 0.3 is 6.03 Å². The molecule has 0 aliphatic carbocycles. The zero-order chi connectivity index (χ0) is 15.2. The van der Waals surface area contributed by atoms with Gasteiger partial charge in [-0.1, -0.05) is 6.92 Å². The number of piperidine rings is 1. The highest BCUT2D eigenvalue weighted by Crippen LogP contribution is 2.24. The van der Waals surface area contributed by atoms with Crippen molar-refractivity contribution in [2.45, 2.75) is 33.3 Å². The van der Waals surface area contributed by atoms with Crippen LogP contribution in [0.3, 0.4) is 0 Å². The van der Waals surface area contributed by atoms with Gasteiger partial charge in [0.2, 0.25) is 0 Å². The van der Waals surface area contributed by atoms with Crippen LogP contribution in [0.4, 0.5) is 10.5 Å². The molecule has 1 aliphatic heterocycles. The molecule has 0 radical (unpaired) electrons. The van der Waals surface area contributed by atoms with E-state index >= 15 is 0 Å². The third kappa shape index (κ3) is 4.11. The zero-order valence-corrected chi connectivity index (χ0v) is 12.8. The second-order valence-electron chi connectivity index (χ2n) is 5.51. The summed E-state index contributed by atoms with van der Waals surface area (Å²) >= 11 is 0. The Kier molecular flexibility index (Phi) is 5.44. The Morgan fingerprint density at radius 2 is 2.14 bits per heavy atom. The first kappa shape index (κ1) is 15.6. The third-order valence-corrected chi connectivity index (χ3v) is 3.85. The van der Waals surface area contributed by atoms with Crippen LogP contribution >= 0.6 is 0 Å². The molecule has 5 nitrogen and oxygen atoms in total. The van der Waals surface area contributed by atoms with Crippen LogP contribution in [-0.4, -0.2) is 35.7 Å². The van der Waals surface area contributed by atoms with Crippen LogP contribution in [0.25, 0.3) is 0 Å². The number of aliphatic hydroxyl groups is 1. The summed E-state index contributed by atoms with van der Waals surface area (Å²) in [5.41, 5.74) is 1.37. The molecule has 0 atom stereocenters. The van der Waals surface area contributed by atoms with Gasteiger partial charge in [0.05, 0.1) is 13.2 Å². The van der Waals surface area contributed by atoms with Crippen molar-refractivity contribution in [3.63, 3.8) is 0 Å². The minimum absolute atomic E-state index is 0.0741. The molecular weight excluding hydrogens is 268 g/mol. The number of ether oxygens (including phenoxy) is 1. The summed E-state index contributed by atoms with van der Waals surface area (Å²) in [6.07, 6.45) is 2.11. The Labute approximate surface area is 125 Å². The lowest BCUT2D eigenvalue weighted by molar-refractivity contribution is 0.186. The standard InChI is InChI=1S/C16H24N2O3/c1-3-21-15-5-4-14(10-13(15)11-19)17-16(20)18-8-6-12(2)7-9-18/h4-5,10,12,19H,3,6-9,11H2,1-2H3,(H,17,20). The fourth-order valence-electron chi connectivity index (χ4n) is 2.49. The van der Waals surface area contributed by atoms with Gasteiger partial charge in [0.1, 0.15) is 5.75 Å². The number of nitrogens with zero attached hydrogens (tertiary/aromatic N) is 1. The minimum atomic E-state index is -0.111. The minimum Gasteiger partial charge on any atom is -0.494 e. The summed E-state index contributed by atoms with van der Waals surface area (Å²) in [6, 6.07) is 5.27. The lowest BCUT2D eigenvalue weighted by atomic mass is 10.00. The molecule has 1 aromatic rings. The van der Waals surface area contributed by atoms with Crippen LogP contribution in [0, 0.1) is 5.92 Å². The van der Waals surface area contributed by atoms with Crippen molar-refractivity contribution in [1.29, 1.82) is 0 Å². The van der Waals surface area contributed by atoms with Crippen molar-refractivity contribution < 1.29 is 14.6 Å². The molecule has 2 N–H and O–H groups in total. The van der Waals surface area contributed by atoms with Crippen molar-refractivity contribution in [1.82, 2.24) is 4.90 Å². The fraction of sp³-hybridized carbons (Fsp3) is 0.562. The molecule has 1 fully saturated rings. The van der Waals surface area contributed by atoms with Gasteiger partial charge in [-0.05, 0) is 43.9 Å². The van der Waals surface area contributed by atoms with Crippen LogP contribution in [0.1, 0.15) is 32.3 Å². The highest BCUT2D eigenvalue weighted by molar-refractivity contribution is 5.89. The van der Waals surface area contributed by atoms with E-state index in [1.165, 1.54) is 0 Å². The molecule has 1 heterocycles. The average molecular weight is 292 g/mol. The van der Waals surface area contributed by atoms with Gasteiger partial charge in [-0.3, -0.25) is 0 Å². The second kappa shape index (κ2) is 7.31. The Hall–Kier alpha value is -1.75. The molecule has 1 saturated heterocycles. The molecule has 2 amide bonds. The Morgan fingerprint density at radius 1 is 1.43 bits per heavy atom. The van der Waals surface area contributed by atoms with Gasteiger partial charge in [0.25, 0.3) is 0 Å². The number of nitrogens with one attached hydrogen (secondary N) is 1. The molecule has 0 bridgehead atoms. The number of likely N-dealkylation sites (tertiary alicyclic amines) is 1. The molecule has 1 aliphatic rings. The molecule has 0 saturated carbocycles. The molecule has 0 aromatic heterocycles. The average Bonchev–Trinajstić information content (AvgIpc) is 2.49. The predicted molar refractivity (Wildman–Crippen MR) is 82.5 cm³/mol. The van der Waals surface area contributed by atoms with Crippen molar-refractivity contribution >= 4 is 11.7 Å². The first-order valence-corrected chi connectivity index (χ1v) is 7.56. The molecule has 0 unspecified atom stereocenters. The van der Waals surface area contributed by atoms with Crippen LogP contribution in [-0.2, 0) is 6.61 Å². The van der Waals surface area contributed by atoms with Crippen LogP contribution in [0.2, 0.25) is 0 Å². The number of hydrogen-bond donors (Lipinski definition) is 2. The maximum atomic E-state index is 12.2. The number of urea groups is 1. The number of amides is 2. The van der Waals surface area contributed by atoms with Crippen LogP contribution in [0.15, 0.2) is 18.2 Å². The number of rotatable bonds is 4. The summed E-state index contributed by atoms with van der Waals surface area (Å²) < 4.78 is 5.43. The molecule has 1 aromatic carbocycles. The summed E-state index contributed by atoms with van der Waals surface area (Å²) in [6.45, 7) is 6.15. The molecular formula is C16H24N2O3. The smallest absolute Gasteiger partial charge is 0.321 e. The number of carbonyl (C=O) groups excluding carboxylic acids is 1. The number of anilines is 1. The van der Waals surface area contributed by atoms with Gasteiger partial charge in [-0.25, -0.2) is 4.79 Å². The highest BCUT2D eigenvalue weighted by atomic mass is 16.5. The van der Waals surface area contributed by atoms with Gasteiger partial charge in [-0.2, -0.15) is 0 Å². The van der Waals surface area contributed by atoms with E-state index in [0.29, 0.717) is 29.5 Å². The molecule has 21 heavy (non-hydrogen) atoms. The first-order chi connectivity index (χ1) is 10.1. The molecule has 0 spiro atoms. The highest BCUT2D eigenvalue weighted by Gasteiger charge is 2.20. The van der Waals surface area contributed by atoms with E-state index in [1.54, 1.807) is 18.2 Å². The van der Waals surface area contributed by atoms with Crippen molar-refractivity contribution in [2.24, 2.45) is 5.92 Å². The molecule has 116 valence electrons. The van der Waals surface area contributed by atoms with E-state index in [9.17, 15) is 9.90 Å². The van der Waals surface area contributed by atoms with Crippen LogP contribution in [0.5, 0.6) is 5.75 Å². The Morgan fingerprint density at radius 3 is 2.76 bits per heavy atom. The zero-order valence-electron chi connectivity index (χ0n) is 12.8. The SMILES string of the molecule is CCOc1ccc(NC(=O)N2CCC(C)CC2)cc1CO. The first-order valence-electron chi connectivity index (χ1n) is 7.56. The number of carbonyl (C=O) groups is 1. The summed E-state index contributed by atoms with van der Waals surface area (Å²) in [7, 11) is 0. The van der Waals surface area contributed by atoms with Crippen molar-refractivity contribution in [3.05, 3.63) is 23.8 Å². The molecule has 2 rings (SSSR count). The van der Waals surface area contributed by atoms with Gasteiger partial charge in [0.15, 0.2) is 0 Å². The monoisotopic (exact) mass is 292 g/mol. The topological polar surface area (TPSA) is 61.8 Å². The lowest BCUT2D eigenvalue weighted by Crippen LogP contribution is -2.40. The van der Waals surface area contributed by atoms with E-state index in [2.05, 4.69) is 12.2 Å². The van der Waals surface area contributed by atoms with Crippen LogP contribution < -0.4 is 10.1 Å². The van der Waals surface area contributed by atoms with Gasteiger partial charge in [-0.15, -0.1) is 0 Å². The van der Waals surface area contributed by atoms with Gasteiger partial charge in [0, 0.05) is 24.3 Å². The number of aliphatic hydroxyl groups excluding tert-OH is 1. The Bertz CT molecular complexity index is 482. The molecule has 5 heteroatoms. The van der Waals surface area contributed by atoms with Gasteiger partial charge < -0.3 is 20.1 Å². The maximum Gasteiger partial charge on any atom is 0.321 e. The summed E-state index contributed by atoms with van der Waals surface area (Å²) in [5.74, 6) is 1.35. The quantitative estimate of drug-likeness (QED) is 0.897. The van der Waals surface area contributed by atoms with E-state index in [1.807, 2.05) is 11.8 Å². The Balaban J connectivity index is 2.00. The van der Waals surface area contributed by atoms with E-state index in [4.69, 9.17) is 4.74 Å². The largest absolute Gasteiger partial charge is 0.494 e. The van der Waals surface area contributed by atoms with Crippen molar-refractivity contribution in [2.75, 3.05) is 25.0 Å². The van der Waals surface area contributed by atoms with E-state index in [0.717, 1.165) is 25.9 Å². The fourth-order valence-corrected chi connectivity index (χ4v) is 2.49. The normalized spacial score (nSPS) is 15.9.